The van der Waals surface area contributed by atoms with Gasteiger partial charge < -0.3 is 9.64 Å². The van der Waals surface area contributed by atoms with Gasteiger partial charge in [-0.25, -0.2) is 18.8 Å². The highest BCUT2D eigenvalue weighted by atomic mass is 19.1. The monoisotopic (exact) mass is 332 g/mol. The third kappa shape index (κ3) is 4.04. The van der Waals surface area contributed by atoms with Gasteiger partial charge in [-0.05, 0) is 30.5 Å². The van der Waals surface area contributed by atoms with E-state index in [-0.39, 0.29) is 24.3 Å². The van der Waals surface area contributed by atoms with E-state index in [0.717, 1.165) is 43.4 Å². The molecule has 1 aromatic heterocycles. The lowest BCUT2D eigenvalue weighted by molar-refractivity contribution is 0.279. The summed E-state index contributed by atoms with van der Waals surface area (Å²) in [5, 5.41) is 0. The molecule has 0 saturated carbocycles. The zero-order chi connectivity index (χ0) is 16.9. The maximum atomic E-state index is 13.9. The van der Waals surface area contributed by atoms with E-state index in [2.05, 4.69) is 15.0 Å². The van der Waals surface area contributed by atoms with Crippen LogP contribution in [0.5, 0.6) is 6.01 Å². The average Bonchev–Trinajstić information content (AvgIpc) is 2.59. The highest BCUT2D eigenvalue weighted by Crippen LogP contribution is 2.20. The summed E-state index contributed by atoms with van der Waals surface area (Å²) in [6.45, 7) is 1.07. The fourth-order valence-electron chi connectivity index (χ4n) is 2.43. The summed E-state index contributed by atoms with van der Waals surface area (Å²) in [5.74, 6) is -0.117. The third-order valence-electron chi connectivity index (χ3n) is 3.80. The molecule has 2 aromatic rings. The van der Waals surface area contributed by atoms with Crippen LogP contribution in [0.2, 0.25) is 0 Å². The number of nitrogens with zero attached hydrogens (tertiary/aromatic N) is 4. The molecule has 0 N–H and O–H groups in total. The van der Waals surface area contributed by atoms with Crippen LogP contribution in [0.15, 0.2) is 35.5 Å². The molecule has 24 heavy (non-hydrogen) atoms. The van der Waals surface area contributed by atoms with Crippen molar-refractivity contribution >= 4 is 11.7 Å². The predicted octanol–water partition coefficient (Wildman–Crippen LogP) is 3.48. The van der Waals surface area contributed by atoms with Crippen molar-refractivity contribution in [2.24, 2.45) is 4.99 Å². The van der Waals surface area contributed by atoms with Crippen molar-refractivity contribution in [3.8, 4) is 6.01 Å². The van der Waals surface area contributed by atoms with Gasteiger partial charge >= 0.3 is 6.01 Å². The molecular formula is C17H18F2N4O. The van der Waals surface area contributed by atoms with Gasteiger partial charge in [0.1, 0.15) is 18.3 Å². The molecule has 5 nitrogen and oxygen atoms in total. The van der Waals surface area contributed by atoms with Gasteiger partial charge in [0.05, 0.1) is 6.20 Å². The quantitative estimate of drug-likeness (QED) is 0.860. The Labute approximate surface area is 139 Å². The standard InChI is InChI=1S/C17H18F2N4O/c1-23-9-3-2-4-15(23)21-16-14(19)10-20-17(22-16)24-11-12-5-7-13(18)8-6-12/h5-8,10H,2-4,9,11H2,1H3. The van der Waals surface area contributed by atoms with E-state index >= 15 is 0 Å². The second-order valence-corrected chi connectivity index (χ2v) is 5.65. The zero-order valence-electron chi connectivity index (χ0n) is 13.4. The summed E-state index contributed by atoms with van der Waals surface area (Å²) in [6, 6.07) is 5.95. The van der Waals surface area contributed by atoms with Gasteiger partial charge in [0.25, 0.3) is 0 Å². The van der Waals surface area contributed by atoms with Crippen molar-refractivity contribution in [1.29, 1.82) is 0 Å². The fraction of sp³-hybridized carbons (Fsp3) is 0.353. The van der Waals surface area contributed by atoms with Crippen molar-refractivity contribution < 1.29 is 13.5 Å². The molecule has 1 aliphatic heterocycles. The van der Waals surface area contributed by atoms with Crippen LogP contribution in [-0.2, 0) is 6.61 Å². The first-order chi connectivity index (χ1) is 11.6. The number of piperidine rings is 1. The highest BCUT2D eigenvalue weighted by molar-refractivity contribution is 5.84. The molecule has 0 aliphatic carbocycles. The number of benzene rings is 1. The molecule has 0 amide bonds. The van der Waals surface area contributed by atoms with Gasteiger partial charge in [0, 0.05) is 20.0 Å². The topological polar surface area (TPSA) is 50.6 Å². The fourth-order valence-corrected chi connectivity index (χ4v) is 2.43. The first-order valence-corrected chi connectivity index (χ1v) is 7.80. The van der Waals surface area contributed by atoms with Crippen LogP contribution in [0, 0.1) is 11.6 Å². The van der Waals surface area contributed by atoms with Crippen LogP contribution in [0.3, 0.4) is 0 Å². The molecule has 0 bridgehead atoms. The number of likely N-dealkylation sites (tertiary alicyclic amines) is 1. The summed E-state index contributed by atoms with van der Waals surface area (Å²) in [6.07, 6.45) is 3.98. The van der Waals surface area contributed by atoms with Gasteiger partial charge in [-0.15, -0.1) is 0 Å². The number of ether oxygens (including phenoxy) is 1. The van der Waals surface area contributed by atoms with E-state index < -0.39 is 5.82 Å². The Bertz CT molecular complexity index is 734. The van der Waals surface area contributed by atoms with E-state index in [9.17, 15) is 8.78 Å². The van der Waals surface area contributed by atoms with Gasteiger partial charge in [0.2, 0.25) is 0 Å². The smallest absolute Gasteiger partial charge is 0.318 e. The lowest BCUT2D eigenvalue weighted by atomic mass is 10.1. The first kappa shape index (κ1) is 16.3. The number of hydrogen-bond donors (Lipinski definition) is 0. The largest absolute Gasteiger partial charge is 0.459 e. The Hall–Kier alpha value is -2.57. The molecule has 1 aliphatic rings. The Kier molecular flexibility index (Phi) is 4.98. The van der Waals surface area contributed by atoms with Crippen LogP contribution >= 0.6 is 0 Å². The van der Waals surface area contributed by atoms with Crippen molar-refractivity contribution in [2.45, 2.75) is 25.9 Å². The minimum atomic E-state index is -0.587. The van der Waals surface area contributed by atoms with Gasteiger partial charge in [-0.2, -0.15) is 4.98 Å². The normalized spacial score (nSPS) is 16.5. The second-order valence-electron chi connectivity index (χ2n) is 5.65. The minimum absolute atomic E-state index is 0.0251. The van der Waals surface area contributed by atoms with Gasteiger partial charge in [-0.1, -0.05) is 12.1 Å². The number of aliphatic imine (C=N–C) groups is 1. The van der Waals surface area contributed by atoms with Gasteiger partial charge in [-0.3, -0.25) is 0 Å². The van der Waals surface area contributed by atoms with Crippen molar-refractivity contribution in [2.75, 3.05) is 13.6 Å². The minimum Gasteiger partial charge on any atom is -0.459 e. The Morgan fingerprint density at radius 2 is 2.00 bits per heavy atom. The maximum absolute atomic E-state index is 13.9. The van der Waals surface area contributed by atoms with E-state index in [4.69, 9.17) is 4.74 Å². The molecule has 1 saturated heterocycles. The van der Waals surface area contributed by atoms with E-state index in [1.807, 2.05) is 11.9 Å². The van der Waals surface area contributed by atoms with Gasteiger partial charge in [0.15, 0.2) is 11.6 Å². The average molecular weight is 332 g/mol. The summed E-state index contributed by atoms with van der Waals surface area (Å²) in [5.41, 5.74) is 0.768. The van der Waals surface area contributed by atoms with Crippen LogP contribution in [0.1, 0.15) is 24.8 Å². The lowest BCUT2D eigenvalue weighted by Crippen LogP contribution is -2.31. The molecular weight excluding hydrogens is 314 g/mol. The zero-order valence-corrected chi connectivity index (χ0v) is 13.4. The highest BCUT2D eigenvalue weighted by Gasteiger charge is 2.15. The van der Waals surface area contributed by atoms with E-state index in [1.54, 1.807) is 12.1 Å². The summed E-state index contributed by atoms with van der Waals surface area (Å²) < 4.78 is 32.2. The number of halogens is 2. The molecule has 7 heteroatoms. The molecule has 1 aromatic carbocycles. The molecule has 0 atom stereocenters. The third-order valence-corrected chi connectivity index (χ3v) is 3.80. The first-order valence-electron chi connectivity index (χ1n) is 7.80. The summed E-state index contributed by atoms with van der Waals surface area (Å²) >= 11 is 0. The summed E-state index contributed by atoms with van der Waals surface area (Å²) in [4.78, 5) is 14.2. The molecule has 0 radical (unpaired) electrons. The predicted molar refractivity (Wildman–Crippen MR) is 86.3 cm³/mol. The van der Waals surface area contributed by atoms with E-state index in [1.165, 1.54) is 12.1 Å². The number of rotatable bonds is 4. The number of aromatic nitrogens is 2. The van der Waals surface area contributed by atoms with Crippen molar-refractivity contribution in [3.63, 3.8) is 0 Å². The Balaban J connectivity index is 1.73. The van der Waals surface area contributed by atoms with E-state index in [0.29, 0.717) is 0 Å². The molecule has 1 fully saturated rings. The Morgan fingerprint density at radius 3 is 2.75 bits per heavy atom. The maximum Gasteiger partial charge on any atom is 0.318 e. The molecule has 2 heterocycles. The van der Waals surface area contributed by atoms with Crippen molar-refractivity contribution in [3.05, 3.63) is 47.7 Å². The number of hydrogen-bond acceptors (Lipinski definition) is 4. The second kappa shape index (κ2) is 7.33. The van der Waals surface area contributed by atoms with Crippen LogP contribution in [0.25, 0.3) is 0 Å². The van der Waals surface area contributed by atoms with Crippen LogP contribution in [-0.4, -0.2) is 34.3 Å². The Morgan fingerprint density at radius 1 is 1.21 bits per heavy atom. The molecule has 126 valence electrons. The van der Waals surface area contributed by atoms with Crippen LogP contribution in [0.4, 0.5) is 14.6 Å². The molecule has 0 spiro atoms. The molecule has 3 rings (SSSR count). The number of amidine groups is 1. The van der Waals surface area contributed by atoms with Crippen LogP contribution < -0.4 is 4.74 Å². The summed E-state index contributed by atoms with van der Waals surface area (Å²) in [7, 11) is 1.93. The lowest BCUT2D eigenvalue weighted by Gasteiger charge is -2.25. The SMILES string of the molecule is CN1CCCCC1=Nc1nc(OCc2ccc(F)cc2)ncc1F. The molecule has 0 unspecified atom stereocenters. The van der Waals surface area contributed by atoms with Crippen molar-refractivity contribution in [1.82, 2.24) is 14.9 Å².